The van der Waals surface area contributed by atoms with Gasteiger partial charge in [-0.15, -0.1) is 0 Å². The van der Waals surface area contributed by atoms with Gasteiger partial charge in [-0.2, -0.15) is 13.2 Å². The lowest BCUT2D eigenvalue weighted by Gasteiger charge is -2.33. The van der Waals surface area contributed by atoms with Crippen molar-refractivity contribution in [3.63, 3.8) is 0 Å². The van der Waals surface area contributed by atoms with Crippen molar-refractivity contribution in [1.29, 1.82) is 0 Å². The van der Waals surface area contributed by atoms with Gasteiger partial charge in [0.15, 0.2) is 0 Å². The molecule has 0 fully saturated rings. The molecule has 0 bridgehead atoms. The quantitative estimate of drug-likeness (QED) is 0.822. The Balaban J connectivity index is 2.46. The van der Waals surface area contributed by atoms with E-state index in [1.165, 1.54) is 6.07 Å². The van der Waals surface area contributed by atoms with Crippen molar-refractivity contribution in [3.05, 3.63) is 29.3 Å². The Morgan fingerprint density at radius 1 is 1.41 bits per heavy atom. The first-order valence-electron chi connectivity index (χ1n) is 5.57. The summed E-state index contributed by atoms with van der Waals surface area (Å²) >= 11 is 0. The van der Waals surface area contributed by atoms with Crippen molar-refractivity contribution in [2.75, 3.05) is 18.0 Å². The molecule has 1 heterocycles. The van der Waals surface area contributed by atoms with E-state index in [-0.39, 0.29) is 0 Å². The van der Waals surface area contributed by atoms with E-state index in [9.17, 15) is 18.3 Å². The van der Waals surface area contributed by atoms with Gasteiger partial charge in [0.1, 0.15) is 0 Å². The Kier molecular flexibility index (Phi) is 3.03. The molecule has 0 saturated carbocycles. The Morgan fingerprint density at radius 2 is 2.12 bits per heavy atom. The second-order valence-electron chi connectivity index (χ2n) is 4.16. The van der Waals surface area contributed by atoms with Crippen LogP contribution in [0.1, 0.15) is 30.6 Å². The highest BCUT2D eigenvalue weighted by Crippen LogP contribution is 2.38. The van der Waals surface area contributed by atoms with Gasteiger partial charge in [0, 0.05) is 24.3 Å². The number of hydrogen-bond acceptors (Lipinski definition) is 2. The molecule has 0 radical (unpaired) electrons. The Hall–Kier alpha value is -1.23. The molecular formula is C12H14F3NO. The zero-order valence-corrected chi connectivity index (χ0v) is 9.46. The van der Waals surface area contributed by atoms with Gasteiger partial charge in [-0.1, -0.05) is 0 Å². The third kappa shape index (κ3) is 2.24. The van der Waals surface area contributed by atoms with Crippen LogP contribution in [0.3, 0.4) is 0 Å². The van der Waals surface area contributed by atoms with Crippen molar-refractivity contribution in [2.24, 2.45) is 0 Å². The summed E-state index contributed by atoms with van der Waals surface area (Å²) in [6, 6.07) is 3.57. The van der Waals surface area contributed by atoms with E-state index >= 15 is 0 Å². The summed E-state index contributed by atoms with van der Waals surface area (Å²) in [7, 11) is 0. The van der Waals surface area contributed by atoms with Crippen molar-refractivity contribution < 1.29 is 18.3 Å². The van der Waals surface area contributed by atoms with Crippen LogP contribution in [0.2, 0.25) is 0 Å². The third-order valence-electron chi connectivity index (χ3n) is 3.11. The van der Waals surface area contributed by atoms with Gasteiger partial charge in [0.05, 0.1) is 11.7 Å². The van der Waals surface area contributed by atoms with Gasteiger partial charge in [0.2, 0.25) is 0 Å². The molecule has 0 aromatic heterocycles. The number of halogens is 3. The van der Waals surface area contributed by atoms with E-state index in [1.807, 2.05) is 11.8 Å². The molecule has 0 amide bonds. The summed E-state index contributed by atoms with van der Waals surface area (Å²) in [4.78, 5) is 1.97. The Bertz CT molecular complexity index is 417. The standard InChI is InChI=1S/C12H14F3NO/c1-2-16-6-5-11(17)9-7-8(12(13,14)15)3-4-10(9)16/h3-4,7,11,17H,2,5-6H2,1H3/t11-/m1/s1. The van der Waals surface area contributed by atoms with Gasteiger partial charge in [-0.25, -0.2) is 0 Å². The summed E-state index contributed by atoms with van der Waals surface area (Å²) in [5, 5.41) is 9.77. The summed E-state index contributed by atoms with van der Waals surface area (Å²) in [6.07, 6.45) is -4.68. The molecule has 0 saturated heterocycles. The minimum absolute atomic E-state index is 0.382. The molecular weight excluding hydrogens is 231 g/mol. The topological polar surface area (TPSA) is 23.5 Å². The van der Waals surface area contributed by atoms with Crippen LogP contribution in [0, 0.1) is 0 Å². The molecule has 5 heteroatoms. The number of anilines is 1. The second-order valence-corrected chi connectivity index (χ2v) is 4.16. The predicted octanol–water partition coefficient (Wildman–Crippen LogP) is 2.97. The molecule has 1 atom stereocenters. The number of alkyl halides is 3. The molecule has 2 rings (SSSR count). The SMILES string of the molecule is CCN1CC[C@@H](O)c2cc(C(F)(F)F)ccc21. The fraction of sp³-hybridized carbons (Fsp3) is 0.500. The first-order valence-corrected chi connectivity index (χ1v) is 5.57. The van der Waals surface area contributed by atoms with Crippen molar-refractivity contribution in [1.82, 2.24) is 0 Å². The van der Waals surface area contributed by atoms with Crippen molar-refractivity contribution in [2.45, 2.75) is 25.6 Å². The van der Waals surface area contributed by atoms with Crippen LogP contribution in [0.4, 0.5) is 18.9 Å². The molecule has 17 heavy (non-hydrogen) atoms. The number of rotatable bonds is 1. The molecule has 1 aliphatic rings. The monoisotopic (exact) mass is 245 g/mol. The Labute approximate surface area is 97.7 Å². The van der Waals surface area contributed by atoms with Crippen LogP contribution >= 0.6 is 0 Å². The van der Waals surface area contributed by atoms with Crippen LogP contribution in [0.5, 0.6) is 0 Å². The lowest BCUT2D eigenvalue weighted by molar-refractivity contribution is -0.137. The number of benzene rings is 1. The van der Waals surface area contributed by atoms with Gasteiger partial charge < -0.3 is 10.0 Å². The van der Waals surface area contributed by atoms with Gasteiger partial charge >= 0.3 is 6.18 Å². The minimum Gasteiger partial charge on any atom is -0.388 e. The highest BCUT2D eigenvalue weighted by molar-refractivity contribution is 5.58. The molecule has 0 aliphatic carbocycles. The average Bonchev–Trinajstić information content (AvgIpc) is 2.28. The number of nitrogens with zero attached hydrogens (tertiary/aromatic N) is 1. The first kappa shape index (κ1) is 12.2. The van der Waals surface area contributed by atoms with E-state index in [1.54, 1.807) is 0 Å². The molecule has 94 valence electrons. The van der Waals surface area contributed by atoms with Gasteiger partial charge in [-0.05, 0) is 31.5 Å². The van der Waals surface area contributed by atoms with Gasteiger partial charge in [0.25, 0.3) is 0 Å². The maximum absolute atomic E-state index is 12.6. The lowest BCUT2D eigenvalue weighted by Crippen LogP contribution is -2.31. The van der Waals surface area contributed by atoms with Crippen LogP contribution < -0.4 is 4.90 Å². The second kappa shape index (κ2) is 4.22. The molecule has 0 spiro atoms. The Morgan fingerprint density at radius 3 is 2.71 bits per heavy atom. The lowest BCUT2D eigenvalue weighted by atomic mass is 9.96. The smallest absolute Gasteiger partial charge is 0.388 e. The fourth-order valence-corrected chi connectivity index (χ4v) is 2.17. The van der Waals surface area contributed by atoms with Crippen molar-refractivity contribution in [3.8, 4) is 0 Å². The summed E-state index contributed by atoms with van der Waals surface area (Å²) < 4.78 is 37.7. The zero-order chi connectivity index (χ0) is 12.6. The third-order valence-corrected chi connectivity index (χ3v) is 3.11. The van der Waals surface area contributed by atoms with Crippen LogP contribution in [0.15, 0.2) is 18.2 Å². The molecule has 1 N–H and O–H groups in total. The molecule has 2 nitrogen and oxygen atoms in total. The predicted molar refractivity (Wildman–Crippen MR) is 58.9 cm³/mol. The van der Waals surface area contributed by atoms with E-state index in [2.05, 4.69) is 0 Å². The van der Waals surface area contributed by atoms with Crippen LogP contribution in [-0.4, -0.2) is 18.2 Å². The van der Waals surface area contributed by atoms with E-state index in [0.29, 0.717) is 24.2 Å². The largest absolute Gasteiger partial charge is 0.416 e. The number of hydrogen-bond donors (Lipinski definition) is 1. The molecule has 1 aliphatic heterocycles. The molecule has 0 unspecified atom stereocenters. The number of aliphatic hydroxyl groups excluding tert-OH is 1. The first-order chi connectivity index (χ1) is 7.93. The van der Waals surface area contributed by atoms with Crippen LogP contribution in [0.25, 0.3) is 0 Å². The maximum atomic E-state index is 12.6. The highest BCUT2D eigenvalue weighted by Gasteiger charge is 2.33. The number of fused-ring (bicyclic) bond motifs is 1. The minimum atomic E-state index is -4.36. The summed E-state index contributed by atoms with van der Waals surface area (Å²) in [5.41, 5.74) is 0.389. The average molecular weight is 245 g/mol. The molecule has 1 aromatic carbocycles. The van der Waals surface area contributed by atoms with Gasteiger partial charge in [-0.3, -0.25) is 0 Å². The normalized spacial score (nSPS) is 20.3. The molecule has 1 aromatic rings. The maximum Gasteiger partial charge on any atom is 0.416 e. The van der Waals surface area contributed by atoms with E-state index in [0.717, 1.165) is 18.7 Å². The number of aliphatic hydroxyl groups is 1. The van der Waals surface area contributed by atoms with E-state index < -0.39 is 17.8 Å². The highest BCUT2D eigenvalue weighted by atomic mass is 19.4. The summed E-state index contributed by atoms with van der Waals surface area (Å²) in [5.74, 6) is 0. The zero-order valence-electron chi connectivity index (χ0n) is 9.46. The van der Waals surface area contributed by atoms with Crippen LogP contribution in [-0.2, 0) is 6.18 Å². The van der Waals surface area contributed by atoms with Crippen molar-refractivity contribution >= 4 is 5.69 Å². The summed E-state index contributed by atoms with van der Waals surface area (Å²) in [6.45, 7) is 3.35. The van der Waals surface area contributed by atoms with E-state index in [4.69, 9.17) is 0 Å². The fourth-order valence-electron chi connectivity index (χ4n) is 2.17.